The fourth-order valence-corrected chi connectivity index (χ4v) is 2.06. The Bertz CT molecular complexity index is 543. The highest BCUT2D eigenvalue weighted by Gasteiger charge is 2.22. The van der Waals surface area contributed by atoms with Gasteiger partial charge < -0.3 is 5.32 Å². The fraction of sp³-hybridized carbons (Fsp3) is 0.400. The lowest BCUT2D eigenvalue weighted by atomic mass is 9.85. The van der Waals surface area contributed by atoms with Crippen molar-refractivity contribution in [1.82, 2.24) is 20.5 Å². The number of hydrogen-bond acceptors (Lipinski definition) is 3. The third kappa shape index (κ3) is 3.91. The van der Waals surface area contributed by atoms with Crippen LogP contribution in [0.25, 0.3) is 0 Å². The minimum absolute atomic E-state index is 0.0638. The van der Waals surface area contributed by atoms with Gasteiger partial charge in [0.05, 0.1) is 17.8 Å². The van der Waals surface area contributed by atoms with Crippen LogP contribution in [0.15, 0.2) is 36.9 Å². The van der Waals surface area contributed by atoms with Crippen molar-refractivity contribution in [2.24, 2.45) is 5.41 Å². The van der Waals surface area contributed by atoms with Crippen molar-refractivity contribution in [3.63, 3.8) is 0 Å². The molecule has 2 N–H and O–H groups in total. The van der Waals surface area contributed by atoms with Gasteiger partial charge in [-0.3, -0.25) is 14.9 Å². The van der Waals surface area contributed by atoms with E-state index in [0.29, 0.717) is 5.56 Å². The molecule has 0 aliphatic heterocycles. The van der Waals surface area contributed by atoms with E-state index in [2.05, 4.69) is 41.3 Å². The first-order valence-electron chi connectivity index (χ1n) is 6.65. The lowest BCUT2D eigenvalue weighted by Crippen LogP contribution is -2.31. The van der Waals surface area contributed by atoms with E-state index in [4.69, 9.17) is 0 Å². The summed E-state index contributed by atoms with van der Waals surface area (Å²) in [4.78, 5) is 16.3. The molecule has 0 saturated carbocycles. The quantitative estimate of drug-likeness (QED) is 0.899. The molecule has 1 unspecified atom stereocenters. The Kier molecular flexibility index (Phi) is 4.17. The third-order valence-electron chi connectivity index (χ3n) is 2.97. The van der Waals surface area contributed by atoms with Crippen LogP contribution in [0.4, 0.5) is 0 Å². The van der Waals surface area contributed by atoms with Crippen LogP contribution < -0.4 is 5.32 Å². The number of rotatable bonds is 4. The van der Waals surface area contributed by atoms with E-state index >= 15 is 0 Å². The number of pyridine rings is 1. The van der Waals surface area contributed by atoms with Gasteiger partial charge in [-0.05, 0) is 23.5 Å². The van der Waals surface area contributed by atoms with E-state index in [9.17, 15) is 4.79 Å². The molecule has 0 aliphatic carbocycles. The summed E-state index contributed by atoms with van der Waals surface area (Å²) < 4.78 is 0. The predicted molar refractivity (Wildman–Crippen MR) is 77.1 cm³/mol. The number of H-pyrrole nitrogens is 1. The lowest BCUT2D eigenvalue weighted by molar-refractivity contribution is 0.0926. The second kappa shape index (κ2) is 5.86. The minimum atomic E-state index is -0.128. The maximum atomic E-state index is 12.2. The summed E-state index contributed by atoms with van der Waals surface area (Å²) in [6.45, 7) is 6.46. The number of hydrogen-bond donors (Lipinski definition) is 2. The molecule has 0 fully saturated rings. The number of nitrogens with zero attached hydrogens (tertiary/aromatic N) is 2. The molecule has 0 bridgehead atoms. The Labute approximate surface area is 118 Å². The summed E-state index contributed by atoms with van der Waals surface area (Å²) in [6, 6.07) is 3.81. The van der Waals surface area contributed by atoms with Crippen LogP contribution in [0.1, 0.15) is 49.2 Å². The van der Waals surface area contributed by atoms with Gasteiger partial charge in [-0.2, -0.15) is 5.10 Å². The third-order valence-corrected chi connectivity index (χ3v) is 2.97. The number of amides is 1. The molecule has 0 aromatic carbocycles. The number of nitrogens with one attached hydrogen (secondary N) is 2. The van der Waals surface area contributed by atoms with Crippen LogP contribution >= 0.6 is 0 Å². The molecule has 2 aromatic rings. The van der Waals surface area contributed by atoms with Crippen molar-refractivity contribution in [3.05, 3.63) is 48.0 Å². The van der Waals surface area contributed by atoms with Gasteiger partial charge in [-0.25, -0.2) is 0 Å². The monoisotopic (exact) mass is 272 g/mol. The van der Waals surface area contributed by atoms with Crippen LogP contribution in [0, 0.1) is 5.41 Å². The van der Waals surface area contributed by atoms with E-state index < -0.39 is 0 Å². The van der Waals surface area contributed by atoms with Gasteiger partial charge in [0, 0.05) is 18.6 Å². The second-order valence-electron chi connectivity index (χ2n) is 6.06. The molecule has 0 saturated heterocycles. The van der Waals surface area contributed by atoms with Crippen molar-refractivity contribution in [3.8, 4) is 0 Å². The largest absolute Gasteiger partial charge is 0.345 e. The average molecular weight is 272 g/mol. The Morgan fingerprint density at radius 1 is 1.40 bits per heavy atom. The van der Waals surface area contributed by atoms with Crippen molar-refractivity contribution >= 4 is 5.91 Å². The first kappa shape index (κ1) is 14.2. The maximum absolute atomic E-state index is 12.2. The molecule has 5 nitrogen and oxygen atoms in total. The van der Waals surface area contributed by atoms with E-state index in [1.807, 2.05) is 12.1 Å². The fourth-order valence-electron chi connectivity index (χ4n) is 2.06. The van der Waals surface area contributed by atoms with Gasteiger partial charge in [0.2, 0.25) is 0 Å². The highest BCUT2D eigenvalue weighted by atomic mass is 16.1. The highest BCUT2D eigenvalue weighted by molar-refractivity contribution is 5.93. The number of carbonyl (C=O) groups excluding carboxylic acids is 1. The topological polar surface area (TPSA) is 70.7 Å². The molecule has 5 heteroatoms. The van der Waals surface area contributed by atoms with Crippen LogP contribution in [0.3, 0.4) is 0 Å². The zero-order valence-corrected chi connectivity index (χ0v) is 12.1. The molecule has 20 heavy (non-hydrogen) atoms. The molecule has 0 radical (unpaired) electrons. The first-order valence-corrected chi connectivity index (χ1v) is 6.65. The summed E-state index contributed by atoms with van der Waals surface area (Å²) in [6.07, 6.45) is 7.48. The average Bonchev–Trinajstić information content (AvgIpc) is 2.91. The van der Waals surface area contributed by atoms with Crippen molar-refractivity contribution in [2.45, 2.75) is 33.2 Å². The zero-order valence-electron chi connectivity index (χ0n) is 12.1. The summed E-state index contributed by atoms with van der Waals surface area (Å²) in [5, 5.41) is 9.50. The number of aromatic amines is 1. The molecule has 1 atom stereocenters. The van der Waals surface area contributed by atoms with Crippen molar-refractivity contribution in [1.29, 1.82) is 0 Å². The van der Waals surface area contributed by atoms with Gasteiger partial charge in [-0.15, -0.1) is 0 Å². The minimum Gasteiger partial charge on any atom is -0.345 e. The summed E-state index contributed by atoms with van der Waals surface area (Å²) in [5.41, 5.74) is 1.65. The van der Waals surface area contributed by atoms with Gasteiger partial charge in [0.15, 0.2) is 0 Å². The van der Waals surface area contributed by atoms with Gasteiger partial charge in [0.25, 0.3) is 5.91 Å². The Balaban J connectivity index is 2.17. The molecule has 2 aromatic heterocycles. The number of carbonyl (C=O) groups is 1. The molecule has 106 valence electrons. The van der Waals surface area contributed by atoms with Crippen LogP contribution in [-0.2, 0) is 0 Å². The SMILES string of the molecule is CC(C)(C)CC(NC(=O)c1cn[nH]c1)c1cccnc1. The Morgan fingerprint density at radius 2 is 2.20 bits per heavy atom. The van der Waals surface area contributed by atoms with Crippen LogP contribution in [-0.4, -0.2) is 21.1 Å². The lowest BCUT2D eigenvalue weighted by Gasteiger charge is -2.26. The maximum Gasteiger partial charge on any atom is 0.254 e. The molecule has 0 aliphatic rings. The van der Waals surface area contributed by atoms with Gasteiger partial charge >= 0.3 is 0 Å². The zero-order chi connectivity index (χ0) is 14.6. The molecule has 2 rings (SSSR count). The van der Waals surface area contributed by atoms with Crippen molar-refractivity contribution in [2.75, 3.05) is 0 Å². The highest BCUT2D eigenvalue weighted by Crippen LogP contribution is 2.29. The van der Waals surface area contributed by atoms with Crippen LogP contribution in [0.5, 0.6) is 0 Å². The standard InChI is InChI=1S/C15H20N4O/c1-15(2,3)7-13(11-5-4-6-16-8-11)19-14(20)12-9-17-18-10-12/h4-6,8-10,13H,7H2,1-3H3,(H,17,18)(H,19,20). The van der Waals surface area contributed by atoms with Crippen molar-refractivity contribution < 1.29 is 4.79 Å². The molecular formula is C15H20N4O. The van der Waals surface area contributed by atoms with Gasteiger partial charge in [-0.1, -0.05) is 26.8 Å². The summed E-state index contributed by atoms with van der Waals surface area (Å²) >= 11 is 0. The van der Waals surface area contributed by atoms with E-state index in [1.165, 1.54) is 6.20 Å². The first-order chi connectivity index (χ1) is 9.46. The summed E-state index contributed by atoms with van der Waals surface area (Å²) in [7, 11) is 0. The normalized spacial score (nSPS) is 12.9. The molecule has 1 amide bonds. The summed E-state index contributed by atoms with van der Waals surface area (Å²) in [5.74, 6) is -0.128. The Hall–Kier alpha value is -2.17. The predicted octanol–water partition coefficient (Wildman–Crippen LogP) is 2.71. The Morgan fingerprint density at radius 3 is 2.75 bits per heavy atom. The smallest absolute Gasteiger partial charge is 0.254 e. The second-order valence-corrected chi connectivity index (χ2v) is 6.06. The number of aromatic nitrogens is 3. The molecule has 2 heterocycles. The van der Waals surface area contributed by atoms with E-state index in [1.54, 1.807) is 18.6 Å². The molecule has 0 spiro atoms. The van der Waals surface area contributed by atoms with Gasteiger partial charge in [0.1, 0.15) is 0 Å². The van der Waals surface area contributed by atoms with Crippen LogP contribution in [0.2, 0.25) is 0 Å². The molecular weight excluding hydrogens is 252 g/mol. The van der Waals surface area contributed by atoms with E-state index in [0.717, 1.165) is 12.0 Å². The van der Waals surface area contributed by atoms with E-state index in [-0.39, 0.29) is 17.4 Å².